The van der Waals surface area contributed by atoms with Crippen LogP contribution in [0.15, 0.2) is 24.0 Å². The highest BCUT2D eigenvalue weighted by Gasteiger charge is 2.32. The molecule has 0 atom stereocenters. The number of aromatic nitrogens is 1. The summed E-state index contributed by atoms with van der Waals surface area (Å²) in [5, 5.41) is 0. The summed E-state index contributed by atoms with van der Waals surface area (Å²) in [6.07, 6.45) is 5.47. The zero-order valence-corrected chi connectivity index (χ0v) is 10.5. The van der Waals surface area contributed by atoms with Crippen LogP contribution < -0.4 is 0 Å². The number of rotatable bonds is 4. The van der Waals surface area contributed by atoms with Crippen molar-refractivity contribution in [3.63, 3.8) is 0 Å². The summed E-state index contributed by atoms with van der Waals surface area (Å²) in [5.74, 6) is -0.408. The molecule has 0 N–H and O–H groups in total. The van der Waals surface area contributed by atoms with Gasteiger partial charge in [-0.1, -0.05) is 13.3 Å². The number of hydrogen-bond acceptors (Lipinski definition) is 4. The molecule has 0 amide bonds. The summed E-state index contributed by atoms with van der Waals surface area (Å²) in [4.78, 5) is 28.0. The van der Waals surface area contributed by atoms with Crippen LogP contribution in [-0.2, 0) is 9.53 Å². The monoisotopic (exact) mass is 245 g/mol. The van der Waals surface area contributed by atoms with Gasteiger partial charge >= 0.3 is 0 Å². The lowest BCUT2D eigenvalue weighted by molar-refractivity contribution is -0.112. The molecular formula is C14H15NO3. The number of nitrogens with zero attached hydrogens (tertiary/aromatic N) is 1. The number of carbonyl (C=O) groups is 2. The van der Waals surface area contributed by atoms with Gasteiger partial charge in [0.25, 0.3) is 0 Å². The summed E-state index contributed by atoms with van der Waals surface area (Å²) in [6.45, 7) is 2.04. The largest absolute Gasteiger partial charge is 0.496 e. The highest BCUT2D eigenvalue weighted by molar-refractivity contribution is 6.52. The fraction of sp³-hybridized carbons (Fsp3) is 0.357. The Kier molecular flexibility index (Phi) is 3.55. The molecule has 0 spiro atoms. The van der Waals surface area contributed by atoms with Crippen LogP contribution in [0.3, 0.4) is 0 Å². The summed E-state index contributed by atoms with van der Waals surface area (Å²) in [6, 6.07) is 1.56. The van der Waals surface area contributed by atoms with E-state index in [0.717, 1.165) is 12.8 Å². The van der Waals surface area contributed by atoms with E-state index >= 15 is 0 Å². The Morgan fingerprint density at radius 1 is 1.22 bits per heavy atom. The van der Waals surface area contributed by atoms with E-state index in [1.54, 1.807) is 12.3 Å². The SMILES string of the molecule is CCCCC1=C(OC)c2cnccc2C(=O)C1=O. The highest BCUT2D eigenvalue weighted by Crippen LogP contribution is 2.31. The third kappa shape index (κ3) is 1.94. The lowest BCUT2D eigenvalue weighted by Gasteiger charge is -2.19. The summed E-state index contributed by atoms with van der Waals surface area (Å²) >= 11 is 0. The Morgan fingerprint density at radius 3 is 2.67 bits per heavy atom. The van der Waals surface area contributed by atoms with Gasteiger partial charge in [0.1, 0.15) is 5.76 Å². The topological polar surface area (TPSA) is 56.3 Å². The molecule has 1 aliphatic carbocycles. The van der Waals surface area contributed by atoms with Crippen LogP contribution in [-0.4, -0.2) is 23.7 Å². The van der Waals surface area contributed by atoms with E-state index in [4.69, 9.17) is 4.74 Å². The molecule has 0 bridgehead atoms. The Balaban J connectivity index is 2.56. The van der Waals surface area contributed by atoms with Crippen molar-refractivity contribution in [2.45, 2.75) is 26.2 Å². The molecule has 4 nitrogen and oxygen atoms in total. The first-order valence-electron chi connectivity index (χ1n) is 6.01. The predicted octanol–water partition coefficient (Wildman–Crippen LogP) is 2.39. The van der Waals surface area contributed by atoms with Gasteiger partial charge in [0.2, 0.25) is 11.6 Å². The first kappa shape index (κ1) is 12.5. The third-order valence-corrected chi connectivity index (χ3v) is 3.05. The Bertz CT molecular complexity index is 532. The van der Waals surface area contributed by atoms with Crippen molar-refractivity contribution in [1.82, 2.24) is 4.98 Å². The number of ether oxygens (including phenoxy) is 1. The maximum atomic E-state index is 12.1. The number of allylic oxidation sites excluding steroid dienone is 1. The molecule has 0 saturated carbocycles. The van der Waals surface area contributed by atoms with Gasteiger partial charge in [-0.15, -0.1) is 0 Å². The van der Waals surface area contributed by atoms with E-state index in [9.17, 15) is 9.59 Å². The molecule has 4 heteroatoms. The predicted molar refractivity (Wildman–Crippen MR) is 67.0 cm³/mol. The first-order chi connectivity index (χ1) is 8.70. The van der Waals surface area contributed by atoms with Gasteiger partial charge in [-0.05, 0) is 18.9 Å². The average Bonchev–Trinajstić information content (AvgIpc) is 2.41. The van der Waals surface area contributed by atoms with Gasteiger partial charge in [0.15, 0.2) is 0 Å². The molecule has 0 fully saturated rings. The van der Waals surface area contributed by atoms with Crippen molar-refractivity contribution in [3.05, 3.63) is 35.2 Å². The fourth-order valence-electron chi connectivity index (χ4n) is 2.11. The number of methoxy groups -OCH3 is 1. The molecule has 0 radical (unpaired) electrons. The van der Waals surface area contributed by atoms with Gasteiger partial charge in [0.05, 0.1) is 7.11 Å². The summed E-state index contributed by atoms with van der Waals surface area (Å²) in [7, 11) is 1.52. The molecule has 1 aromatic heterocycles. The Labute approximate surface area is 106 Å². The van der Waals surface area contributed by atoms with Gasteiger partial charge in [-0.3, -0.25) is 14.6 Å². The van der Waals surface area contributed by atoms with Crippen molar-refractivity contribution < 1.29 is 14.3 Å². The number of unbranched alkanes of at least 4 members (excludes halogenated alkanes) is 1. The number of pyridine rings is 1. The van der Waals surface area contributed by atoms with Crippen LogP contribution >= 0.6 is 0 Å². The lowest BCUT2D eigenvalue weighted by atomic mass is 9.87. The fourth-order valence-corrected chi connectivity index (χ4v) is 2.11. The minimum atomic E-state index is -0.459. The molecular weight excluding hydrogens is 230 g/mol. The zero-order chi connectivity index (χ0) is 13.1. The normalized spacial score (nSPS) is 14.8. The smallest absolute Gasteiger partial charge is 0.234 e. The number of hydrogen-bond donors (Lipinski definition) is 0. The maximum Gasteiger partial charge on any atom is 0.234 e. The Morgan fingerprint density at radius 2 is 2.00 bits per heavy atom. The molecule has 1 aromatic rings. The molecule has 1 heterocycles. The molecule has 0 aliphatic heterocycles. The highest BCUT2D eigenvalue weighted by atomic mass is 16.5. The molecule has 18 heavy (non-hydrogen) atoms. The summed E-state index contributed by atoms with van der Waals surface area (Å²) < 4.78 is 5.31. The van der Waals surface area contributed by atoms with Crippen molar-refractivity contribution in [3.8, 4) is 0 Å². The second kappa shape index (κ2) is 5.12. The van der Waals surface area contributed by atoms with E-state index < -0.39 is 11.6 Å². The zero-order valence-electron chi connectivity index (χ0n) is 10.5. The molecule has 94 valence electrons. The van der Waals surface area contributed by atoms with Crippen LogP contribution in [0.2, 0.25) is 0 Å². The molecule has 1 aliphatic rings. The van der Waals surface area contributed by atoms with Crippen LogP contribution in [0.25, 0.3) is 5.76 Å². The Hall–Kier alpha value is -1.97. The van der Waals surface area contributed by atoms with Crippen LogP contribution in [0.5, 0.6) is 0 Å². The van der Waals surface area contributed by atoms with Crippen LogP contribution in [0.4, 0.5) is 0 Å². The van der Waals surface area contributed by atoms with Crippen LogP contribution in [0.1, 0.15) is 42.1 Å². The molecule has 0 aromatic carbocycles. The first-order valence-corrected chi connectivity index (χ1v) is 6.01. The minimum absolute atomic E-state index is 0.382. The van der Waals surface area contributed by atoms with Crippen molar-refractivity contribution in [2.24, 2.45) is 0 Å². The minimum Gasteiger partial charge on any atom is -0.496 e. The maximum absolute atomic E-state index is 12.1. The molecule has 2 rings (SSSR count). The number of ketones is 2. The van der Waals surface area contributed by atoms with Gasteiger partial charge < -0.3 is 4.74 Å². The van der Waals surface area contributed by atoms with Crippen LogP contribution in [0, 0.1) is 0 Å². The standard InChI is InChI=1S/C14H15NO3/c1-3-4-5-10-13(17)12(16)9-6-7-15-8-11(9)14(10)18-2/h6-8H,3-5H2,1-2H3. The van der Waals surface area contributed by atoms with Gasteiger partial charge in [-0.25, -0.2) is 0 Å². The molecule has 0 saturated heterocycles. The second-order valence-corrected chi connectivity index (χ2v) is 4.19. The second-order valence-electron chi connectivity index (χ2n) is 4.19. The van der Waals surface area contributed by atoms with Crippen molar-refractivity contribution in [1.29, 1.82) is 0 Å². The average molecular weight is 245 g/mol. The number of fused-ring (bicyclic) bond motifs is 1. The van der Waals surface area contributed by atoms with Crippen molar-refractivity contribution >= 4 is 17.3 Å². The lowest BCUT2D eigenvalue weighted by Crippen LogP contribution is -2.24. The third-order valence-electron chi connectivity index (χ3n) is 3.05. The number of carbonyl (C=O) groups excluding carboxylic acids is 2. The van der Waals surface area contributed by atoms with E-state index in [1.807, 2.05) is 6.92 Å². The van der Waals surface area contributed by atoms with Crippen molar-refractivity contribution in [2.75, 3.05) is 7.11 Å². The van der Waals surface area contributed by atoms with E-state index in [1.165, 1.54) is 13.3 Å². The van der Waals surface area contributed by atoms with E-state index in [-0.39, 0.29) is 0 Å². The summed E-state index contributed by atoms with van der Waals surface area (Å²) in [5.41, 5.74) is 1.48. The van der Waals surface area contributed by atoms with E-state index in [0.29, 0.717) is 28.9 Å². The van der Waals surface area contributed by atoms with Gasteiger partial charge in [-0.2, -0.15) is 0 Å². The molecule has 0 unspecified atom stereocenters. The van der Waals surface area contributed by atoms with E-state index in [2.05, 4.69) is 4.98 Å². The quantitative estimate of drug-likeness (QED) is 0.764. The number of Topliss-reactive ketones (excluding diaryl/α,β-unsaturated/α-hetero) is 2. The van der Waals surface area contributed by atoms with Gasteiger partial charge in [0, 0.05) is 29.1 Å².